The summed E-state index contributed by atoms with van der Waals surface area (Å²) in [4.78, 5) is 18.6. The molecule has 0 saturated heterocycles. The quantitative estimate of drug-likeness (QED) is 0.806. The molecule has 0 fully saturated rings. The highest BCUT2D eigenvalue weighted by Gasteiger charge is 2.14. The van der Waals surface area contributed by atoms with Gasteiger partial charge in [-0.1, -0.05) is 17.7 Å². The molecular weight excluding hydrogens is 341 g/mol. The number of pyridine rings is 1. The molecule has 6 heteroatoms. The highest BCUT2D eigenvalue weighted by molar-refractivity contribution is 6.31. The molecule has 0 unspecified atom stereocenters. The lowest BCUT2D eigenvalue weighted by Gasteiger charge is -2.24. The van der Waals surface area contributed by atoms with E-state index < -0.39 is 5.82 Å². The predicted octanol–water partition coefficient (Wildman–Crippen LogP) is 4.07. The van der Waals surface area contributed by atoms with Crippen LogP contribution in [-0.2, 0) is 11.2 Å². The monoisotopic (exact) mass is 363 g/mol. The molecule has 0 aliphatic heterocycles. The molecule has 0 aliphatic carbocycles. The lowest BCUT2D eigenvalue weighted by molar-refractivity contribution is -0.116. The normalized spacial score (nSPS) is 12.2. The predicted molar refractivity (Wildman–Crippen MR) is 99.4 cm³/mol. The summed E-state index contributed by atoms with van der Waals surface area (Å²) in [6, 6.07) is 8.39. The number of benzene rings is 1. The first kappa shape index (κ1) is 19.3. The van der Waals surface area contributed by atoms with Crippen LogP contribution in [0.1, 0.15) is 24.6 Å². The number of likely N-dealkylation sites (N-methyl/N-ethyl adjacent to an activating group) is 1. The molecule has 25 heavy (non-hydrogen) atoms. The van der Waals surface area contributed by atoms with E-state index in [0.29, 0.717) is 18.7 Å². The van der Waals surface area contributed by atoms with Crippen molar-refractivity contribution in [1.82, 2.24) is 9.88 Å². The third-order valence-corrected chi connectivity index (χ3v) is 4.54. The average molecular weight is 364 g/mol. The number of nitrogens with zero attached hydrogens (tertiary/aromatic N) is 2. The van der Waals surface area contributed by atoms with Gasteiger partial charge in [-0.25, -0.2) is 4.39 Å². The van der Waals surface area contributed by atoms with Gasteiger partial charge in [0, 0.05) is 43.0 Å². The minimum absolute atomic E-state index is 0.00530. The van der Waals surface area contributed by atoms with E-state index in [0.717, 1.165) is 12.1 Å². The number of hydrogen-bond donors (Lipinski definition) is 1. The zero-order valence-corrected chi connectivity index (χ0v) is 15.5. The van der Waals surface area contributed by atoms with Gasteiger partial charge in [0.05, 0.1) is 5.02 Å². The zero-order chi connectivity index (χ0) is 18.4. The van der Waals surface area contributed by atoms with Crippen molar-refractivity contribution in [2.75, 3.05) is 18.9 Å². The van der Waals surface area contributed by atoms with Crippen molar-refractivity contribution in [2.24, 2.45) is 0 Å². The van der Waals surface area contributed by atoms with Gasteiger partial charge in [-0.15, -0.1) is 0 Å². The third-order valence-electron chi connectivity index (χ3n) is 4.25. The van der Waals surface area contributed by atoms with E-state index in [9.17, 15) is 9.18 Å². The van der Waals surface area contributed by atoms with Gasteiger partial charge in [0.2, 0.25) is 5.91 Å². The summed E-state index contributed by atoms with van der Waals surface area (Å²) in [6.07, 6.45) is 2.98. The summed E-state index contributed by atoms with van der Waals surface area (Å²) in [5.41, 5.74) is 2.75. The van der Waals surface area contributed by atoms with Gasteiger partial charge >= 0.3 is 0 Å². The van der Waals surface area contributed by atoms with Crippen molar-refractivity contribution in [1.29, 1.82) is 0 Å². The summed E-state index contributed by atoms with van der Waals surface area (Å²) in [7, 11) is 1.99. The summed E-state index contributed by atoms with van der Waals surface area (Å²) in [5.74, 6) is -0.631. The van der Waals surface area contributed by atoms with Crippen molar-refractivity contribution in [3.63, 3.8) is 0 Å². The van der Waals surface area contributed by atoms with Crippen LogP contribution in [0.15, 0.2) is 36.5 Å². The molecule has 0 saturated carbocycles. The van der Waals surface area contributed by atoms with Gasteiger partial charge in [0.15, 0.2) is 0 Å². The Labute approximate surface area is 153 Å². The molecule has 2 aromatic rings. The molecule has 0 aliphatic rings. The number of nitrogens with one attached hydrogen (secondary N) is 1. The van der Waals surface area contributed by atoms with Crippen LogP contribution in [0.3, 0.4) is 0 Å². The number of rotatable bonds is 7. The van der Waals surface area contributed by atoms with Crippen LogP contribution in [0.25, 0.3) is 0 Å². The van der Waals surface area contributed by atoms with E-state index in [4.69, 9.17) is 11.6 Å². The first-order valence-corrected chi connectivity index (χ1v) is 8.60. The summed E-state index contributed by atoms with van der Waals surface area (Å²) >= 11 is 5.72. The molecule has 1 aromatic carbocycles. The first-order valence-electron chi connectivity index (χ1n) is 8.22. The van der Waals surface area contributed by atoms with Crippen molar-refractivity contribution in [3.8, 4) is 0 Å². The molecule has 2 rings (SSSR count). The third kappa shape index (κ3) is 5.80. The van der Waals surface area contributed by atoms with Crippen LogP contribution in [0.4, 0.5) is 10.1 Å². The Morgan fingerprint density at radius 2 is 2.16 bits per heavy atom. The van der Waals surface area contributed by atoms with Crippen molar-refractivity contribution in [2.45, 2.75) is 32.7 Å². The molecule has 1 atom stereocenters. The number of carbonyl (C=O) groups excluding carboxylic acids is 1. The Kier molecular flexibility index (Phi) is 6.91. The second kappa shape index (κ2) is 8.92. The number of halogens is 2. The van der Waals surface area contributed by atoms with Gasteiger partial charge in [0.1, 0.15) is 5.82 Å². The fourth-order valence-corrected chi connectivity index (χ4v) is 2.64. The molecule has 1 heterocycles. The number of anilines is 1. The number of aromatic nitrogens is 1. The highest BCUT2D eigenvalue weighted by atomic mass is 35.5. The Balaban J connectivity index is 1.82. The van der Waals surface area contributed by atoms with E-state index in [1.165, 1.54) is 23.8 Å². The average Bonchev–Trinajstić information content (AvgIpc) is 2.58. The summed E-state index contributed by atoms with van der Waals surface area (Å²) in [5, 5.41) is 2.73. The van der Waals surface area contributed by atoms with E-state index in [2.05, 4.69) is 35.1 Å². The van der Waals surface area contributed by atoms with E-state index in [1.807, 2.05) is 13.1 Å². The molecule has 1 amide bonds. The number of hydrogen-bond acceptors (Lipinski definition) is 3. The van der Waals surface area contributed by atoms with E-state index in [1.54, 1.807) is 6.20 Å². The lowest BCUT2D eigenvalue weighted by atomic mass is 10.1. The smallest absolute Gasteiger partial charge is 0.225 e. The Bertz CT molecular complexity index is 738. The maximum absolute atomic E-state index is 13.1. The largest absolute Gasteiger partial charge is 0.326 e. The van der Waals surface area contributed by atoms with Crippen LogP contribution in [0.2, 0.25) is 5.02 Å². The summed E-state index contributed by atoms with van der Waals surface area (Å²) < 4.78 is 13.1. The van der Waals surface area contributed by atoms with Crippen LogP contribution in [0, 0.1) is 12.7 Å². The molecular formula is C19H23ClFN3O. The molecule has 0 spiro atoms. The standard InChI is InChI=1S/C19H23ClFN3O/c1-13-5-4-9-22-18(13)11-14(2)24(3)10-8-19(25)23-15-6-7-17(21)16(20)12-15/h4-7,9,12,14H,8,10-11H2,1-3H3,(H,23,25)/t14-/m1/s1. The van der Waals surface area contributed by atoms with Gasteiger partial charge < -0.3 is 10.2 Å². The lowest BCUT2D eigenvalue weighted by Crippen LogP contribution is -2.34. The number of aryl methyl sites for hydroxylation is 1. The minimum Gasteiger partial charge on any atom is -0.326 e. The van der Waals surface area contributed by atoms with Gasteiger partial charge in [-0.2, -0.15) is 0 Å². The van der Waals surface area contributed by atoms with Crippen molar-refractivity contribution in [3.05, 3.63) is 58.6 Å². The first-order chi connectivity index (χ1) is 11.9. The van der Waals surface area contributed by atoms with Crippen LogP contribution < -0.4 is 5.32 Å². The Morgan fingerprint density at radius 1 is 1.40 bits per heavy atom. The molecule has 0 radical (unpaired) electrons. The van der Waals surface area contributed by atoms with Crippen molar-refractivity contribution < 1.29 is 9.18 Å². The maximum atomic E-state index is 13.1. The SMILES string of the molecule is Cc1cccnc1C[C@@H](C)N(C)CCC(=O)Nc1ccc(F)c(Cl)c1. The second-order valence-corrected chi connectivity index (χ2v) is 6.64. The Morgan fingerprint density at radius 3 is 2.84 bits per heavy atom. The van der Waals surface area contributed by atoms with Crippen LogP contribution >= 0.6 is 11.6 Å². The van der Waals surface area contributed by atoms with E-state index >= 15 is 0 Å². The molecule has 1 aromatic heterocycles. The number of carbonyl (C=O) groups is 1. The minimum atomic E-state index is -0.502. The number of amides is 1. The molecule has 0 bridgehead atoms. The topological polar surface area (TPSA) is 45.2 Å². The Hall–Kier alpha value is -1.98. The fraction of sp³-hybridized carbons (Fsp3) is 0.368. The van der Waals surface area contributed by atoms with Gasteiger partial charge in [0.25, 0.3) is 0 Å². The fourth-order valence-electron chi connectivity index (χ4n) is 2.46. The van der Waals surface area contributed by atoms with E-state index in [-0.39, 0.29) is 17.0 Å². The van der Waals surface area contributed by atoms with Gasteiger partial charge in [-0.3, -0.25) is 9.78 Å². The van der Waals surface area contributed by atoms with Crippen molar-refractivity contribution >= 4 is 23.2 Å². The maximum Gasteiger partial charge on any atom is 0.225 e. The molecule has 134 valence electrons. The molecule has 1 N–H and O–H groups in total. The summed E-state index contributed by atoms with van der Waals surface area (Å²) in [6.45, 7) is 4.79. The van der Waals surface area contributed by atoms with Gasteiger partial charge in [-0.05, 0) is 50.7 Å². The molecule has 4 nitrogen and oxygen atoms in total. The zero-order valence-electron chi connectivity index (χ0n) is 14.7. The van der Waals surface area contributed by atoms with Crippen LogP contribution in [0.5, 0.6) is 0 Å². The van der Waals surface area contributed by atoms with Crippen LogP contribution in [-0.4, -0.2) is 35.4 Å². The second-order valence-electron chi connectivity index (χ2n) is 6.23. The highest BCUT2D eigenvalue weighted by Crippen LogP contribution is 2.19.